The molecular weight excluding hydrogens is 251 g/mol. The molecule has 0 aliphatic carbocycles. The first-order valence-electron chi connectivity index (χ1n) is 3.80. The molecule has 0 bridgehead atoms. The van der Waals surface area contributed by atoms with Crippen LogP contribution < -0.4 is 4.65 Å². The number of carbonyl (C=O) groups is 1. The van der Waals surface area contributed by atoms with Crippen molar-refractivity contribution in [1.29, 1.82) is 0 Å². The average Bonchev–Trinajstić information content (AvgIpc) is 2.17. The number of hydrogen-bond acceptors (Lipinski definition) is 4. The number of ether oxygens (including phenoxy) is 1. The van der Waals surface area contributed by atoms with Gasteiger partial charge in [-0.05, 0) is 34.1 Å². The first-order chi connectivity index (χ1) is 6.69. The van der Waals surface area contributed by atoms with Crippen LogP contribution in [0.2, 0.25) is 0 Å². The van der Waals surface area contributed by atoms with Crippen LogP contribution in [-0.2, 0) is 4.74 Å². The van der Waals surface area contributed by atoms with Crippen LogP contribution in [-0.4, -0.2) is 25.8 Å². The fourth-order valence-electron chi connectivity index (χ4n) is 0.936. The van der Waals surface area contributed by atoms with E-state index in [4.69, 9.17) is 9.68 Å². The lowest BCUT2D eigenvalue weighted by molar-refractivity contribution is 0.0599. The van der Waals surface area contributed by atoms with Gasteiger partial charge in [0.1, 0.15) is 5.75 Å². The topological polar surface area (TPSA) is 55.8 Å². The van der Waals surface area contributed by atoms with Crippen molar-refractivity contribution in [3.63, 3.8) is 0 Å². The van der Waals surface area contributed by atoms with Gasteiger partial charge in [0.2, 0.25) is 0 Å². The van der Waals surface area contributed by atoms with Gasteiger partial charge in [0.25, 0.3) is 0 Å². The fraction of sp³-hybridized carbons (Fsp3) is 0.125. The Morgan fingerprint density at radius 2 is 2.29 bits per heavy atom. The number of hydrogen-bond donors (Lipinski definition) is 1. The summed E-state index contributed by atoms with van der Waals surface area (Å²) in [6.07, 6.45) is 0. The van der Waals surface area contributed by atoms with Crippen molar-refractivity contribution in [2.45, 2.75) is 0 Å². The van der Waals surface area contributed by atoms with E-state index in [1.807, 2.05) is 0 Å². The molecule has 0 radical (unpaired) electrons. The van der Waals surface area contributed by atoms with Crippen molar-refractivity contribution in [2.24, 2.45) is 0 Å². The molecule has 1 aromatic rings. The van der Waals surface area contributed by atoms with Gasteiger partial charge in [0.15, 0.2) is 0 Å². The van der Waals surface area contributed by atoms with E-state index in [-0.39, 0.29) is 0 Å². The zero-order chi connectivity index (χ0) is 10.6. The summed E-state index contributed by atoms with van der Waals surface area (Å²) in [6.45, 7) is 0. The molecule has 0 aromatic heterocycles. The van der Waals surface area contributed by atoms with Crippen LogP contribution in [0.1, 0.15) is 10.4 Å². The Labute approximate surface area is 90.3 Å². The third kappa shape index (κ3) is 2.49. The highest BCUT2D eigenvalue weighted by Gasteiger charge is 2.10. The Bertz CT molecular complexity index is 342. The smallest absolute Gasteiger partial charge is 0.504 e. The minimum absolute atomic E-state index is 0.399. The summed E-state index contributed by atoms with van der Waals surface area (Å²) < 4.78 is 9.95. The van der Waals surface area contributed by atoms with Crippen molar-refractivity contribution in [3.05, 3.63) is 28.2 Å². The molecule has 1 rings (SSSR count). The monoisotopic (exact) mass is 258 g/mol. The predicted octanol–water partition coefficient (Wildman–Crippen LogP) is 0.873. The minimum Gasteiger partial charge on any atom is -0.539 e. The zero-order valence-corrected chi connectivity index (χ0v) is 9.08. The minimum atomic E-state index is -0.424. The maximum atomic E-state index is 11.2. The van der Waals surface area contributed by atoms with Crippen LogP contribution >= 0.6 is 15.9 Å². The van der Waals surface area contributed by atoms with Crippen molar-refractivity contribution in [3.8, 4) is 5.75 Å². The fourth-order valence-corrected chi connectivity index (χ4v) is 1.46. The molecule has 4 nitrogen and oxygen atoms in total. The second kappa shape index (κ2) is 5.02. The normalized spacial score (nSPS) is 9.36. The second-order valence-corrected chi connectivity index (χ2v) is 3.26. The lowest BCUT2D eigenvalue weighted by atomic mass is 10.2. The first kappa shape index (κ1) is 11.1. The number of carbonyl (C=O) groups excluding carboxylic acids is 1. The molecule has 1 N–H and O–H groups in total. The molecule has 0 aliphatic heterocycles. The Morgan fingerprint density at radius 3 is 2.79 bits per heavy atom. The summed E-state index contributed by atoms with van der Waals surface area (Å²) in [5.41, 5.74) is 0.415. The predicted molar refractivity (Wildman–Crippen MR) is 55.5 cm³/mol. The van der Waals surface area contributed by atoms with Crippen molar-refractivity contribution in [2.75, 3.05) is 7.11 Å². The van der Waals surface area contributed by atoms with Gasteiger partial charge in [0, 0.05) is 4.47 Å². The second-order valence-electron chi connectivity index (χ2n) is 2.41. The lowest BCUT2D eigenvalue weighted by Crippen LogP contribution is -2.04. The van der Waals surface area contributed by atoms with Gasteiger partial charge in [-0.1, -0.05) is 0 Å². The molecule has 74 valence electrons. The van der Waals surface area contributed by atoms with E-state index >= 15 is 0 Å². The van der Waals surface area contributed by atoms with Crippen molar-refractivity contribution < 1.29 is 19.2 Å². The number of esters is 1. The number of halogens is 1. The number of benzene rings is 1. The summed E-state index contributed by atoms with van der Waals surface area (Å²) in [5.74, 6) is 0.0550. The van der Waals surface area contributed by atoms with Crippen LogP contribution in [0, 0.1) is 0 Å². The van der Waals surface area contributed by atoms with Crippen LogP contribution in [0.15, 0.2) is 22.7 Å². The van der Waals surface area contributed by atoms with Gasteiger partial charge in [0.05, 0.1) is 12.7 Å². The summed E-state index contributed by atoms with van der Waals surface area (Å²) in [6, 6.07) is 4.72. The number of methoxy groups -OCH3 is 1. The third-order valence-corrected chi connectivity index (χ3v) is 2.23. The highest BCUT2D eigenvalue weighted by Crippen LogP contribution is 2.23. The van der Waals surface area contributed by atoms with Gasteiger partial charge in [-0.2, -0.15) is 0 Å². The lowest BCUT2D eigenvalue weighted by Gasteiger charge is -2.05. The summed E-state index contributed by atoms with van der Waals surface area (Å²) in [5, 5.41) is 8.51. The number of rotatable bonds is 3. The molecule has 6 heteroatoms. The van der Waals surface area contributed by atoms with Crippen LogP contribution in [0.5, 0.6) is 5.75 Å². The van der Waals surface area contributed by atoms with Crippen LogP contribution in [0.3, 0.4) is 0 Å². The van der Waals surface area contributed by atoms with E-state index in [9.17, 15) is 4.79 Å². The first-order valence-corrected chi connectivity index (χ1v) is 4.60. The van der Waals surface area contributed by atoms with E-state index < -0.39 is 13.7 Å². The molecule has 0 fully saturated rings. The molecule has 0 saturated heterocycles. The maximum absolute atomic E-state index is 11.2. The van der Waals surface area contributed by atoms with Gasteiger partial charge in [-0.15, -0.1) is 0 Å². The maximum Gasteiger partial charge on any atom is 0.504 e. The SMILES string of the molecule is COC(=O)c1ccc(OBO)cc1Br. The Kier molecular flexibility index (Phi) is 3.97. The third-order valence-electron chi connectivity index (χ3n) is 1.58. The molecule has 1 aromatic carbocycles. The van der Waals surface area contributed by atoms with E-state index in [1.54, 1.807) is 18.2 Å². The Balaban J connectivity index is 2.95. The van der Waals surface area contributed by atoms with Gasteiger partial charge in [-0.25, -0.2) is 4.79 Å². The van der Waals surface area contributed by atoms with E-state index in [0.29, 0.717) is 15.8 Å². The molecule has 0 amide bonds. The molecule has 0 heterocycles. The van der Waals surface area contributed by atoms with Gasteiger partial charge in [-0.3, -0.25) is 0 Å². The zero-order valence-electron chi connectivity index (χ0n) is 7.49. The highest BCUT2D eigenvalue weighted by atomic mass is 79.9. The molecule has 0 spiro atoms. The van der Waals surface area contributed by atoms with E-state index in [1.165, 1.54) is 7.11 Å². The largest absolute Gasteiger partial charge is 0.539 e. The van der Waals surface area contributed by atoms with E-state index in [2.05, 4.69) is 20.7 Å². The Hall–Kier alpha value is -1.01. The van der Waals surface area contributed by atoms with Crippen LogP contribution in [0.25, 0.3) is 0 Å². The molecule has 0 aliphatic rings. The molecule has 0 saturated carbocycles. The van der Waals surface area contributed by atoms with E-state index in [0.717, 1.165) is 0 Å². The summed E-state index contributed by atoms with van der Waals surface area (Å²) >= 11 is 3.20. The summed E-state index contributed by atoms with van der Waals surface area (Å²) in [7, 11) is 0.914. The summed E-state index contributed by atoms with van der Waals surface area (Å²) in [4.78, 5) is 11.2. The quantitative estimate of drug-likeness (QED) is 0.646. The van der Waals surface area contributed by atoms with Crippen molar-refractivity contribution in [1.82, 2.24) is 0 Å². The van der Waals surface area contributed by atoms with Gasteiger partial charge >= 0.3 is 13.7 Å². The average molecular weight is 259 g/mol. The van der Waals surface area contributed by atoms with Gasteiger partial charge < -0.3 is 14.4 Å². The molecule has 0 atom stereocenters. The molecule has 0 unspecified atom stereocenters. The highest BCUT2D eigenvalue weighted by molar-refractivity contribution is 9.10. The standard InChI is InChI=1S/C8H8BBrO4/c1-13-8(11)6-3-2-5(14-9-12)4-7(6)10/h2-4,9,12H,1H3. The van der Waals surface area contributed by atoms with Crippen LogP contribution in [0.4, 0.5) is 0 Å². The Morgan fingerprint density at radius 1 is 1.57 bits per heavy atom. The van der Waals surface area contributed by atoms with Crippen molar-refractivity contribution >= 4 is 29.6 Å². The molecule has 14 heavy (non-hydrogen) atoms. The molecular formula is C8H8BBrO4.